The van der Waals surface area contributed by atoms with E-state index in [0.29, 0.717) is 33.7 Å². The molecule has 0 saturated heterocycles. The van der Waals surface area contributed by atoms with Gasteiger partial charge in [-0.25, -0.2) is 4.79 Å². The van der Waals surface area contributed by atoms with Crippen molar-refractivity contribution in [1.29, 1.82) is 5.26 Å². The maximum absolute atomic E-state index is 12.9. The van der Waals surface area contributed by atoms with Gasteiger partial charge in [-0.3, -0.25) is 18.7 Å². The zero-order valence-corrected chi connectivity index (χ0v) is 18.7. The number of carbonyl (C=O) groups is 1. The molecule has 0 aliphatic heterocycles. The van der Waals surface area contributed by atoms with Crippen molar-refractivity contribution < 1.29 is 19.0 Å². The third-order valence-corrected chi connectivity index (χ3v) is 5.20. The lowest BCUT2D eigenvalue weighted by atomic mass is 10.1. The SMILES string of the molecule is CCn1c(=O)c2ccccc2n(CC(=O)NC(C#N)c2cc(OC)c(OC)c(OC)c2)c1=O. The van der Waals surface area contributed by atoms with Gasteiger partial charge in [-0.15, -0.1) is 0 Å². The molecule has 3 rings (SSSR count). The van der Waals surface area contributed by atoms with E-state index in [1.165, 1.54) is 25.9 Å². The topological polar surface area (TPSA) is 125 Å². The number of nitrogens with zero attached hydrogens (tertiary/aromatic N) is 3. The maximum atomic E-state index is 12.9. The van der Waals surface area contributed by atoms with Crippen molar-refractivity contribution >= 4 is 16.8 Å². The van der Waals surface area contributed by atoms with Gasteiger partial charge in [0.25, 0.3) is 5.56 Å². The molecule has 1 amide bonds. The molecule has 1 N–H and O–H groups in total. The molecule has 10 nitrogen and oxygen atoms in total. The fraction of sp³-hybridized carbons (Fsp3) is 0.304. The number of methoxy groups -OCH3 is 3. The monoisotopic (exact) mass is 452 g/mol. The Bertz CT molecular complexity index is 1330. The summed E-state index contributed by atoms with van der Waals surface area (Å²) in [6, 6.07) is 10.7. The van der Waals surface area contributed by atoms with E-state index in [1.807, 2.05) is 6.07 Å². The molecule has 1 heterocycles. The largest absolute Gasteiger partial charge is 0.493 e. The molecular weight excluding hydrogens is 428 g/mol. The lowest BCUT2D eigenvalue weighted by Gasteiger charge is -2.18. The minimum atomic E-state index is -1.05. The Morgan fingerprint density at radius 2 is 1.70 bits per heavy atom. The number of para-hydroxylation sites is 1. The Balaban J connectivity index is 1.97. The van der Waals surface area contributed by atoms with Crippen LogP contribution in [0.25, 0.3) is 10.9 Å². The quantitative estimate of drug-likeness (QED) is 0.550. The van der Waals surface area contributed by atoms with Crippen molar-refractivity contribution in [1.82, 2.24) is 14.5 Å². The predicted octanol–water partition coefficient (Wildman–Crippen LogP) is 1.59. The van der Waals surface area contributed by atoms with E-state index < -0.39 is 23.2 Å². The number of aromatic nitrogens is 2. The Morgan fingerprint density at radius 3 is 2.24 bits per heavy atom. The number of hydrogen-bond donors (Lipinski definition) is 1. The molecule has 0 bridgehead atoms. The summed E-state index contributed by atoms with van der Waals surface area (Å²) in [6.45, 7) is 1.47. The van der Waals surface area contributed by atoms with Crippen LogP contribution in [0.2, 0.25) is 0 Å². The first-order valence-corrected chi connectivity index (χ1v) is 10.1. The number of fused-ring (bicyclic) bond motifs is 1. The van der Waals surface area contributed by atoms with Crippen molar-refractivity contribution in [3.05, 3.63) is 62.8 Å². The first-order valence-electron chi connectivity index (χ1n) is 10.1. The maximum Gasteiger partial charge on any atom is 0.331 e. The van der Waals surface area contributed by atoms with E-state index in [0.717, 1.165) is 4.57 Å². The van der Waals surface area contributed by atoms with Crippen LogP contribution >= 0.6 is 0 Å². The summed E-state index contributed by atoms with van der Waals surface area (Å²) in [7, 11) is 4.35. The summed E-state index contributed by atoms with van der Waals surface area (Å²) in [4.78, 5) is 38.3. The van der Waals surface area contributed by atoms with Gasteiger partial charge in [0.05, 0.1) is 38.3 Å². The van der Waals surface area contributed by atoms with E-state index in [2.05, 4.69) is 5.32 Å². The molecular formula is C23H24N4O6. The van der Waals surface area contributed by atoms with Gasteiger partial charge >= 0.3 is 5.69 Å². The van der Waals surface area contributed by atoms with E-state index in [4.69, 9.17) is 14.2 Å². The number of amides is 1. The van der Waals surface area contributed by atoms with E-state index in [1.54, 1.807) is 43.3 Å². The molecule has 172 valence electrons. The second-order valence-corrected chi connectivity index (χ2v) is 7.02. The molecule has 1 aromatic heterocycles. The molecule has 0 radical (unpaired) electrons. The summed E-state index contributed by atoms with van der Waals surface area (Å²) in [5.41, 5.74) is -0.260. The van der Waals surface area contributed by atoms with E-state index in [9.17, 15) is 19.6 Å². The summed E-state index contributed by atoms with van der Waals surface area (Å²) in [6.07, 6.45) is 0. The highest BCUT2D eigenvalue weighted by molar-refractivity contribution is 5.82. The molecule has 10 heteroatoms. The highest BCUT2D eigenvalue weighted by atomic mass is 16.5. The molecule has 0 aliphatic carbocycles. The highest BCUT2D eigenvalue weighted by Gasteiger charge is 2.21. The van der Waals surface area contributed by atoms with Crippen molar-refractivity contribution in [2.24, 2.45) is 0 Å². The number of carbonyl (C=O) groups excluding carboxylic acids is 1. The second-order valence-electron chi connectivity index (χ2n) is 7.02. The van der Waals surface area contributed by atoms with Gasteiger partial charge in [0.1, 0.15) is 12.6 Å². The van der Waals surface area contributed by atoms with Crippen molar-refractivity contribution in [3.63, 3.8) is 0 Å². The predicted molar refractivity (Wildman–Crippen MR) is 121 cm³/mol. The minimum absolute atomic E-state index is 0.163. The van der Waals surface area contributed by atoms with Crippen LogP contribution < -0.4 is 30.8 Å². The van der Waals surface area contributed by atoms with E-state index >= 15 is 0 Å². The zero-order valence-electron chi connectivity index (χ0n) is 18.7. The summed E-state index contributed by atoms with van der Waals surface area (Å²) in [5, 5.41) is 12.6. The summed E-state index contributed by atoms with van der Waals surface area (Å²) < 4.78 is 18.2. The number of nitrogens with one attached hydrogen (secondary N) is 1. The molecule has 2 aromatic carbocycles. The lowest BCUT2D eigenvalue weighted by molar-refractivity contribution is -0.122. The van der Waals surface area contributed by atoms with Crippen LogP contribution in [-0.2, 0) is 17.9 Å². The van der Waals surface area contributed by atoms with E-state index in [-0.39, 0.29) is 13.1 Å². The molecule has 0 fully saturated rings. The first kappa shape index (κ1) is 23.4. The van der Waals surface area contributed by atoms with Crippen LogP contribution in [0.5, 0.6) is 17.2 Å². The number of nitriles is 1. The standard InChI is InChI=1S/C23H24N4O6/c1-5-26-22(29)15-8-6-7-9-17(15)27(23(26)30)13-20(28)25-16(12-24)14-10-18(31-2)21(33-4)19(11-14)32-3/h6-11,16H,5,13H2,1-4H3,(H,25,28). The number of benzene rings is 2. The van der Waals surface area contributed by atoms with Crippen molar-refractivity contribution in [3.8, 4) is 23.3 Å². The molecule has 0 spiro atoms. The van der Waals surface area contributed by atoms with Gasteiger partial charge in [-0.2, -0.15) is 5.26 Å². The Labute approximate surface area is 189 Å². The fourth-order valence-corrected chi connectivity index (χ4v) is 3.61. The normalized spacial score (nSPS) is 11.5. The molecule has 3 aromatic rings. The average molecular weight is 452 g/mol. The van der Waals surface area contributed by atoms with Crippen LogP contribution in [0.3, 0.4) is 0 Å². The smallest absolute Gasteiger partial charge is 0.331 e. The first-order chi connectivity index (χ1) is 15.9. The Hall–Kier alpha value is -4.26. The third kappa shape index (κ3) is 4.39. The van der Waals surface area contributed by atoms with Gasteiger partial charge < -0.3 is 19.5 Å². The van der Waals surface area contributed by atoms with Crippen molar-refractivity contribution in [2.75, 3.05) is 21.3 Å². The molecule has 0 saturated carbocycles. The molecule has 1 unspecified atom stereocenters. The molecule has 0 aliphatic rings. The van der Waals surface area contributed by atoms with Crippen LogP contribution in [0.4, 0.5) is 0 Å². The Kier molecular flexibility index (Phi) is 7.03. The molecule has 33 heavy (non-hydrogen) atoms. The fourth-order valence-electron chi connectivity index (χ4n) is 3.61. The van der Waals surface area contributed by atoms with Gasteiger partial charge in [-0.05, 0) is 36.8 Å². The van der Waals surface area contributed by atoms with Gasteiger partial charge in [0.2, 0.25) is 11.7 Å². The summed E-state index contributed by atoms with van der Waals surface area (Å²) in [5.74, 6) is 0.438. The number of rotatable bonds is 8. The number of hydrogen-bond acceptors (Lipinski definition) is 7. The van der Waals surface area contributed by atoms with Gasteiger partial charge in [0, 0.05) is 6.54 Å². The van der Waals surface area contributed by atoms with Crippen LogP contribution in [0.1, 0.15) is 18.5 Å². The second kappa shape index (κ2) is 9.91. The lowest BCUT2D eigenvalue weighted by Crippen LogP contribution is -2.42. The minimum Gasteiger partial charge on any atom is -0.493 e. The summed E-state index contributed by atoms with van der Waals surface area (Å²) >= 11 is 0. The van der Waals surface area contributed by atoms with Crippen molar-refractivity contribution in [2.45, 2.75) is 26.1 Å². The van der Waals surface area contributed by atoms with Crippen LogP contribution in [0.15, 0.2) is 46.0 Å². The molecule has 1 atom stereocenters. The average Bonchev–Trinajstić information content (AvgIpc) is 2.84. The number of ether oxygens (including phenoxy) is 3. The highest BCUT2D eigenvalue weighted by Crippen LogP contribution is 2.39. The van der Waals surface area contributed by atoms with Crippen LogP contribution in [-0.4, -0.2) is 36.4 Å². The van der Waals surface area contributed by atoms with Crippen LogP contribution in [0, 0.1) is 11.3 Å². The zero-order chi connectivity index (χ0) is 24.1. The Morgan fingerprint density at radius 1 is 1.06 bits per heavy atom. The van der Waals surface area contributed by atoms with Gasteiger partial charge in [-0.1, -0.05) is 12.1 Å². The third-order valence-electron chi connectivity index (χ3n) is 5.20. The van der Waals surface area contributed by atoms with Gasteiger partial charge in [0.15, 0.2) is 11.5 Å².